The lowest BCUT2D eigenvalue weighted by Crippen LogP contribution is -2.19. The first-order valence-corrected chi connectivity index (χ1v) is 7.24. The molecule has 0 saturated carbocycles. The summed E-state index contributed by atoms with van der Waals surface area (Å²) in [6.45, 7) is 3.76. The highest BCUT2D eigenvalue weighted by atomic mass is 35.5. The van der Waals surface area contributed by atoms with Gasteiger partial charge in [-0.2, -0.15) is 0 Å². The third kappa shape index (κ3) is 3.93. The molecule has 0 aromatic heterocycles. The number of hydrogen-bond donors (Lipinski definition) is 2. The first kappa shape index (κ1) is 16.2. The van der Waals surface area contributed by atoms with Crippen LogP contribution in [-0.4, -0.2) is 10.0 Å². The molecule has 0 bridgehead atoms. The average Bonchev–Trinajstić information content (AvgIpc) is 2.45. The van der Waals surface area contributed by atoms with Gasteiger partial charge in [0, 0.05) is 28.5 Å². The Kier molecular flexibility index (Phi) is 4.95. The van der Waals surface area contributed by atoms with Gasteiger partial charge in [-0.25, -0.2) is 0 Å². The van der Waals surface area contributed by atoms with E-state index in [1.54, 1.807) is 12.1 Å². The van der Waals surface area contributed by atoms with Gasteiger partial charge in [0.25, 0.3) is 5.69 Å². The number of nitro benzene ring substituents is 1. The molecule has 5 nitrogen and oxygen atoms in total. The molecule has 0 fully saturated rings. The summed E-state index contributed by atoms with van der Waals surface area (Å²) >= 11 is 11.3. The Morgan fingerprint density at radius 1 is 1.14 bits per heavy atom. The minimum Gasteiger partial charge on any atom is -0.332 e. The van der Waals surface area contributed by atoms with Gasteiger partial charge in [0.1, 0.15) is 0 Å². The Hall–Kier alpha value is -2.18. The van der Waals surface area contributed by atoms with Crippen molar-refractivity contribution in [3.8, 4) is 0 Å². The Labute approximate surface area is 138 Å². The molecule has 0 aliphatic carbocycles. The average molecular weight is 336 g/mol. The van der Waals surface area contributed by atoms with E-state index in [4.69, 9.17) is 23.8 Å². The van der Waals surface area contributed by atoms with Crippen LogP contribution in [0.5, 0.6) is 0 Å². The van der Waals surface area contributed by atoms with Crippen LogP contribution < -0.4 is 10.6 Å². The third-order valence-electron chi connectivity index (χ3n) is 3.11. The minimum atomic E-state index is -0.444. The lowest BCUT2D eigenvalue weighted by Gasteiger charge is -2.13. The maximum atomic E-state index is 10.8. The van der Waals surface area contributed by atoms with Gasteiger partial charge in [-0.1, -0.05) is 23.7 Å². The van der Waals surface area contributed by atoms with E-state index in [0.717, 1.165) is 16.8 Å². The van der Waals surface area contributed by atoms with Crippen LogP contribution in [0, 0.1) is 24.0 Å². The molecule has 0 radical (unpaired) electrons. The van der Waals surface area contributed by atoms with Crippen LogP contribution in [0.4, 0.5) is 17.1 Å². The molecular weight excluding hydrogens is 322 g/mol. The first-order chi connectivity index (χ1) is 10.4. The Bertz CT molecular complexity index is 750. The predicted octanol–water partition coefficient (Wildman–Crippen LogP) is 4.67. The van der Waals surface area contributed by atoms with Crippen LogP contribution in [0.1, 0.15) is 11.1 Å². The van der Waals surface area contributed by atoms with E-state index in [1.807, 2.05) is 26.0 Å². The van der Waals surface area contributed by atoms with Crippen molar-refractivity contribution in [1.29, 1.82) is 0 Å². The maximum Gasteiger partial charge on any atom is 0.271 e. The van der Waals surface area contributed by atoms with E-state index in [9.17, 15) is 10.1 Å². The number of halogens is 1. The van der Waals surface area contributed by atoms with E-state index in [1.165, 1.54) is 12.1 Å². The monoisotopic (exact) mass is 335 g/mol. The fourth-order valence-corrected chi connectivity index (χ4v) is 2.22. The van der Waals surface area contributed by atoms with Gasteiger partial charge in [0.15, 0.2) is 5.11 Å². The van der Waals surface area contributed by atoms with Crippen LogP contribution in [-0.2, 0) is 0 Å². The van der Waals surface area contributed by atoms with Crippen LogP contribution in [0.25, 0.3) is 0 Å². The number of thiocarbonyl (C=S) groups is 1. The van der Waals surface area contributed by atoms with Crippen LogP contribution in [0.3, 0.4) is 0 Å². The number of non-ortho nitro benzene ring substituents is 1. The zero-order valence-electron chi connectivity index (χ0n) is 12.0. The molecule has 0 atom stereocenters. The standard InChI is InChI=1S/C15H14ClN3O2S/c1-9-3-5-11(7-13(9)16)17-15(22)18-14-8-12(19(20)21)6-4-10(14)2/h3-8H,1-2H3,(H2,17,18,22). The van der Waals surface area contributed by atoms with Crippen LogP contribution in [0.2, 0.25) is 5.02 Å². The second-order valence-electron chi connectivity index (χ2n) is 4.80. The molecule has 0 saturated heterocycles. The van der Waals surface area contributed by atoms with Gasteiger partial charge < -0.3 is 10.6 Å². The van der Waals surface area contributed by atoms with E-state index < -0.39 is 4.92 Å². The Morgan fingerprint density at radius 2 is 1.82 bits per heavy atom. The largest absolute Gasteiger partial charge is 0.332 e. The molecule has 0 unspecified atom stereocenters. The molecule has 0 aliphatic heterocycles. The number of hydrogen-bond acceptors (Lipinski definition) is 3. The fourth-order valence-electron chi connectivity index (χ4n) is 1.81. The molecule has 7 heteroatoms. The predicted molar refractivity (Wildman–Crippen MR) is 93.9 cm³/mol. The zero-order chi connectivity index (χ0) is 16.3. The highest BCUT2D eigenvalue weighted by Crippen LogP contribution is 2.23. The topological polar surface area (TPSA) is 67.2 Å². The number of rotatable bonds is 3. The summed E-state index contributed by atoms with van der Waals surface area (Å²) in [6, 6.07) is 10.1. The second-order valence-corrected chi connectivity index (χ2v) is 5.61. The number of aryl methyl sites for hydroxylation is 2. The van der Waals surface area contributed by atoms with Crippen molar-refractivity contribution in [2.24, 2.45) is 0 Å². The van der Waals surface area contributed by atoms with Crippen molar-refractivity contribution in [2.45, 2.75) is 13.8 Å². The molecule has 114 valence electrons. The van der Waals surface area contributed by atoms with Crippen molar-refractivity contribution in [1.82, 2.24) is 0 Å². The number of nitrogens with zero attached hydrogens (tertiary/aromatic N) is 1. The SMILES string of the molecule is Cc1ccc(NC(=S)Nc2cc([N+](=O)[O-])ccc2C)cc1Cl. The Morgan fingerprint density at radius 3 is 2.45 bits per heavy atom. The highest BCUT2D eigenvalue weighted by Gasteiger charge is 2.10. The van der Waals surface area contributed by atoms with Gasteiger partial charge in [-0.15, -0.1) is 0 Å². The molecule has 0 heterocycles. The molecular formula is C15H14ClN3O2S. The zero-order valence-corrected chi connectivity index (χ0v) is 13.6. The number of nitro groups is 1. The second kappa shape index (κ2) is 6.72. The molecule has 2 aromatic rings. The minimum absolute atomic E-state index is 0.00859. The summed E-state index contributed by atoms with van der Waals surface area (Å²) in [7, 11) is 0. The molecule has 0 spiro atoms. The van der Waals surface area contributed by atoms with E-state index in [-0.39, 0.29) is 5.69 Å². The van der Waals surface area contributed by atoms with Gasteiger partial charge in [0.05, 0.1) is 4.92 Å². The van der Waals surface area contributed by atoms with Crippen molar-refractivity contribution in [3.05, 3.63) is 62.7 Å². The summed E-state index contributed by atoms with van der Waals surface area (Å²) in [5.41, 5.74) is 3.17. The van der Waals surface area contributed by atoms with Crippen LogP contribution in [0.15, 0.2) is 36.4 Å². The summed E-state index contributed by atoms with van der Waals surface area (Å²) in [4.78, 5) is 10.4. The fraction of sp³-hybridized carbons (Fsp3) is 0.133. The van der Waals surface area contributed by atoms with Gasteiger partial charge in [-0.3, -0.25) is 10.1 Å². The van der Waals surface area contributed by atoms with Gasteiger partial charge in [0.2, 0.25) is 0 Å². The van der Waals surface area contributed by atoms with Gasteiger partial charge in [-0.05, 0) is 49.3 Å². The molecule has 2 aromatic carbocycles. The van der Waals surface area contributed by atoms with Crippen molar-refractivity contribution < 1.29 is 4.92 Å². The van der Waals surface area contributed by atoms with Crippen molar-refractivity contribution >= 4 is 46.0 Å². The maximum absolute atomic E-state index is 10.8. The summed E-state index contributed by atoms with van der Waals surface area (Å²) < 4.78 is 0. The summed E-state index contributed by atoms with van der Waals surface area (Å²) in [6.07, 6.45) is 0. The molecule has 0 aliphatic rings. The first-order valence-electron chi connectivity index (χ1n) is 6.46. The summed E-state index contributed by atoms with van der Waals surface area (Å²) in [5.74, 6) is 0. The number of nitrogens with one attached hydrogen (secondary N) is 2. The highest BCUT2D eigenvalue weighted by molar-refractivity contribution is 7.80. The normalized spacial score (nSPS) is 10.1. The third-order valence-corrected chi connectivity index (χ3v) is 3.72. The quantitative estimate of drug-likeness (QED) is 0.484. The van der Waals surface area contributed by atoms with Crippen molar-refractivity contribution in [2.75, 3.05) is 10.6 Å². The smallest absolute Gasteiger partial charge is 0.271 e. The van der Waals surface area contributed by atoms with Crippen LogP contribution >= 0.6 is 23.8 Å². The van der Waals surface area contributed by atoms with E-state index in [0.29, 0.717) is 15.8 Å². The summed E-state index contributed by atoms with van der Waals surface area (Å²) in [5, 5.41) is 17.8. The lowest BCUT2D eigenvalue weighted by atomic mass is 10.2. The lowest BCUT2D eigenvalue weighted by molar-refractivity contribution is -0.384. The molecule has 0 amide bonds. The van der Waals surface area contributed by atoms with Gasteiger partial charge >= 0.3 is 0 Å². The van der Waals surface area contributed by atoms with E-state index in [2.05, 4.69) is 10.6 Å². The molecule has 2 N–H and O–H groups in total. The molecule has 2 rings (SSSR count). The Balaban J connectivity index is 2.13. The van der Waals surface area contributed by atoms with E-state index >= 15 is 0 Å². The number of benzene rings is 2. The molecule has 22 heavy (non-hydrogen) atoms. The number of anilines is 2. The van der Waals surface area contributed by atoms with Crippen molar-refractivity contribution in [3.63, 3.8) is 0 Å².